The van der Waals surface area contributed by atoms with Crippen LogP contribution in [0.25, 0.3) is 112 Å². The summed E-state index contributed by atoms with van der Waals surface area (Å²) in [4.78, 5) is 0. The van der Waals surface area contributed by atoms with E-state index in [9.17, 15) is 0 Å². The highest BCUT2D eigenvalue weighted by atomic mass is 14.9. The minimum atomic E-state index is -2.56. The Kier molecular flexibility index (Phi) is 16.7. The van der Waals surface area contributed by atoms with E-state index in [0.29, 0.717) is 117 Å². The average molecular weight is 1740 g/mol. The van der Waals surface area contributed by atoms with Gasteiger partial charge in [0.25, 0.3) is 0 Å². The Bertz CT molecular complexity index is 8510. The smallest absolute Gasteiger partial charge is 0.201 e. The van der Waals surface area contributed by atoms with E-state index in [1.54, 1.807) is 273 Å². The molecule has 656 valence electrons. The Morgan fingerprint density at radius 3 is 0.961 bits per heavy atom. The molecule has 1 saturated carbocycles. The molecule has 5 aromatic heterocycles. The van der Waals surface area contributed by atoms with Crippen LogP contribution in [0.5, 0.6) is 0 Å². The first-order valence-electron chi connectivity index (χ1n) is 65.7. The standard InChI is InChI=1S/C27H32N.C26H32N.C25H30N.C23H26N.C22H24N/c1-19-10-8-9-13-24(19)25-18-26(21(3)16-20(25)2)27-17-23(14-15-28(27)4)22-11-6-5-7-12-22;1-17(2)12-22-14-26(27(7)16-21(22)6)25-15-24(19(4)13-20(25)5)23-11-9-8-10-18(23)3;1-16(2)22-14-25(26(7)15-20(22)6)24-13-23(18(4)12-19(24)5)21-11-9-8-10-17(21)3;1-15-9-7-8-10-20(15)21-13-22(18(4)11-17(21)3)23-12-16(2)19(5)14-24(23)6;1-15-10-11-22(23(5)14-15)21-13-20(17(3)12-18(21)4)19-9-7-6-8-16(19)2/h8-10,13-18,22H,5-7,11-12H2,1-4H3;8-11,13-17H,12H2,1-7H3;8-16H,1-7H3;7-14H,1-6H3;6-14H,1-5H3/q5*+1/i1D3,2D3,22D;3D3,4D3,6D3,12D2;3D3,4D3,6D3,16D;1D3,3D3,5D3;1D3,2D3,3D3. The molecule has 5 heterocycles. The number of benzene rings is 10. The Balaban J connectivity index is 0.000000189. The number of hydrogen-bond acceptors (Lipinski definition) is 0. The molecule has 128 heavy (non-hydrogen) atoms. The Morgan fingerprint density at radius 2 is 0.609 bits per heavy atom. The van der Waals surface area contributed by atoms with Gasteiger partial charge in [0.1, 0.15) is 35.2 Å². The average Bonchev–Trinajstić information content (AvgIpc) is 0.750. The van der Waals surface area contributed by atoms with E-state index in [4.69, 9.17) is 63.1 Å². The van der Waals surface area contributed by atoms with Gasteiger partial charge in [-0.2, -0.15) is 0 Å². The lowest BCUT2D eigenvalue weighted by Crippen LogP contribution is -2.32. The molecule has 0 amide bonds. The summed E-state index contributed by atoms with van der Waals surface area (Å²) < 4.78 is 379. The summed E-state index contributed by atoms with van der Waals surface area (Å²) in [6.07, 6.45) is 10.9. The predicted octanol–water partition coefficient (Wildman–Crippen LogP) is 29.8. The van der Waals surface area contributed by atoms with E-state index >= 15 is 0 Å². The van der Waals surface area contributed by atoms with Gasteiger partial charge in [0.15, 0.2) is 31.0 Å². The number of pyridine rings is 5. The van der Waals surface area contributed by atoms with Gasteiger partial charge < -0.3 is 0 Å². The maximum atomic E-state index is 9.09. The van der Waals surface area contributed by atoms with Gasteiger partial charge in [0.05, 0.1) is 0 Å². The van der Waals surface area contributed by atoms with Crippen molar-refractivity contribution >= 4 is 0 Å². The van der Waals surface area contributed by atoms with E-state index in [0.717, 1.165) is 54.5 Å². The molecule has 16 rings (SSSR count). The number of aryl methyl sites for hydroxylation is 25. The van der Waals surface area contributed by atoms with E-state index < -0.39 is 120 Å². The summed E-state index contributed by atoms with van der Waals surface area (Å²) in [5, 5.41) is 0. The maximum absolute atomic E-state index is 9.09. The molecule has 15 aromatic rings. The van der Waals surface area contributed by atoms with Gasteiger partial charge in [-0.25, -0.2) is 22.8 Å². The third-order valence-corrected chi connectivity index (χ3v) is 23.4. The lowest BCUT2D eigenvalue weighted by Gasteiger charge is -2.22. The van der Waals surface area contributed by atoms with Crippen LogP contribution in [0.2, 0.25) is 0 Å². The third-order valence-electron chi connectivity index (χ3n) is 23.4. The SMILES string of the molecule is [2H]C([2H])([2H])c1c[n+](C)c(-c2cc(-c3ccccc3C([2H])([2H])[2H])c(C([2H])([2H])[2H])cc2C)cc1C.[2H]C([2H])([2H])c1ccc(-c2cc(-c3ccccc3C([2H])([2H])[2H])c(C([2H])([2H])[2H])cc2C)[n+](C)c1.[2H]C([2H])([2H])c1ccccc1-c1cc(-c2cc(C([2H])(C)C)c(C([2H])([2H])[2H])c[n+]2C)c(C)cc1C([2H])([2H])[2H].[2H]C([2H])([2H])c1ccccc1-c1cc(-c2cc(C([2H])([2H])C(C)C)c(C([2H])([2H])[2H])c[n+]2C)c(C)cc1C([2H])([2H])[2H].[2H]C([2H])([2H])c1ccccc1-c1cc(-c2cc(C3([2H])CCCCC3)cc[n+]2C)c(C)cc1C([2H])([2H])[2H]. The van der Waals surface area contributed by atoms with Crippen molar-refractivity contribution in [3.8, 4) is 112 Å². The molecule has 5 heteroatoms. The first kappa shape index (κ1) is 51.2. The fourth-order valence-corrected chi connectivity index (χ4v) is 16.5. The second-order valence-electron chi connectivity index (χ2n) is 33.6. The molecule has 0 bridgehead atoms. The van der Waals surface area contributed by atoms with Gasteiger partial charge in [-0.05, 0) is 372 Å². The Morgan fingerprint density at radius 1 is 0.281 bits per heavy atom. The van der Waals surface area contributed by atoms with Gasteiger partial charge in [-0.3, -0.25) is 0 Å². The van der Waals surface area contributed by atoms with Gasteiger partial charge in [-0.15, -0.1) is 0 Å². The topological polar surface area (TPSA) is 19.4 Å². The van der Waals surface area contributed by atoms with Crippen molar-refractivity contribution in [2.24, 2.45) is 41.2 Å². The van der Waals surface area contributed by atoms with Crippen LogP contribution in [0.4, 0.5) is 0 Å². The zero-order valence-electron chi connectivity index (χ0n) is 122. The first-order chi connectivity index (χ1) is 79.3. The fraction of sp³-hybridized carbons (Fsp3) is 0.309. The summed E-state index contributed by atoms with van der Waals surface area (Å²) in [5.74, 6) is -2.36. The van der Waals surface area contributed by atoms with Gasteiger partial charge in [0.2, 0.25) is 28.5 Å². The van der Waals surface area contributed by atoms with E-state index in [-0.39, 0.29) is 100 Å². The van der Waals surface area contributed by atoms with Crippen molar-refractivity contribution in [2.75, 3.05) is 0 Å². The highest BCUT2D eigenvalue weighted by Gasteiger charge is 2.27. The molecule has 0 atom stereocenters. The molecule has 0 radical (unpaired) electrons. The highest BCUT2D eigenvalue weighted by Crippen LogP contribution is 2.41. The van der Waals surface area contributed by atoms with Crippen molar-refractivity contribution in [2.45, 2.75) is 215 Å². The van der Waals surface area contributed by atoms with Crippen molar-refractivity contribution in [3.05, 3.63) is 383 Å². The van der Waals surface area contributed by atoms with Crippen LogP contribution in [0.15, 0.2) is 255 Å². The zero-order chi connectivity index (χ0) is 131. The van der Waals surface area contributed by atoms with E-state index in [1.165, 1.54) is 67.1 Å². The predicted molar refractivity (Wildman–Crippen MR) is 546 cm³/mol. The molecule has 10 aromatic carbocycles. The van der Waals surface area contributed by atoms with E-state index in [1.807, 2.05) is 36.9 Å². The number of nitrogens with zero attached hydrogens (tertiary/aromatic N) is 5. The molecule has 0 saturated heterocycles. The van der Waals surface area contributed by atoms with Gasteiger partial charge in [-0.1, -0.05) is 199 Å². The normalized spacial score (nSPS) is 19.1. The molecule has 0 N–H and O–H groups in total. The second kappa shape index (κ2) is 41.8. The molecular formula is C123H144N5+5. The van der Waals surface area contributed by atoms with Crippen molar-refractivity contribution in [3.63, 3.8) is 0 Å². The lowest BCUT2D eigenvalue weighted by atomic mass is 9.83. The molecular weight excluding hydrogens is 1550 g/mol. The number of aromatic nitrogens is 5. The van der Waals surface area contributed by atoms with Crippen LogP contribution in [0.3, 0.4) is 0 Å². The second-order valence-corrected chi connectivity index (χ2v) is 33.6. The number of rotatable bonds is 14. The summed E-state index contributed by atoms with van der Waals surface area (Å²) in [7, 11) is 8.73. The highest BCUT2D eigenvalue weighted by molar-refractivity contribution is 5.83. The Hall–Kier alpha value is -12.1. The minimum absolute atomic E-state index is 0.00468. The quantitative estimate of drug-likeness (QED) is 0.0967. The van der Waals surface area contributed by atoms with E-state index in [2.05, 4.69) is 6.07 Å². The van der Waals surface area contributed by atoms with Crippen molar-refractivity contribution < 1.29 is 85.9 Å². The van der Waals surface area contributed by atoms with Crippen LogP contribution in [-0.2, 0) is 41.6 Å². The molecule has 0 spiro atoms. The third kappa shape index (κ3) is 22.0. The van der Waals surface area contributed by atoms with Crippen LogP contribution in [0.1, 0.15) is 263 Å². The van der Waals surface area contributed by atoms with Crippen LogP contribution in [0, 0.1) is 143 Å². The molecule has 5 nitrogen and oxygen atoms in total. The summed E-state index contributed by atoms with van der Waals surface area (Å²) in [6.45, 7) is -16.8. The summed E-state index contributed by atoms with van der Waals surface area (Å²) in [6, 6.07) is 60.5. The van der Waals surface area contributed by atoms with Crippen LogP contribution in [-0.4, -0.2) is 0 Å². The lowest BCUT2D eigenvalue weighted by molar-refractivity contribution is -0.660. The van der Waals surface area contributed by atoms with Crippen LogP contribution < -0.4 is 22.8 Å². The van der Waals surface area contributed by atoms with Crippen molar-refractivity contribution in [1.82, 2.24) is 0 Å². The fourth-order valence-electron chi connectivity index (χ4n) is 16.5. The number of hydrogen-bond donors (Lipinski definition) is 0. The van der Waals surface area contributed by atoms with Gasteiger partial charge >= 0.3 is 0 Å². The first-order valence-corrected chi connectivity index (χ1v) is 42.7. The molecule has 1 aliphatic carbocycles. The minimum Gasteiger partial charge on any atom is -0.201 e. The maximum Gasteiger partial charge on any atom is 0.212 e. The molecule has 1 fully saturated rings. The summed E-state index contributed by atoms with van der Waals surface area (Å²) >= 11 is 0. The van der Waals surface area contributed by atoms with Crippen LogP contribution >= 0.6 is 0 Å². The Labute approximate surface area is 835 Å². The molecule has 0 unspecified atom stereocenters. The van der Waals surface area contributed by atoms with Gasteiger partial charge in [0, 0.05) is 150 Å². The summed E-state index contributed by atoms with van der Waals surface area (Å²) in [5.41, 5.74) is 16.2. The molecule has 1 aliphatic rings. The van der Waals surface area contributed by atoms with Crippen molar-refractivity contribution in [1.29, 1.82) is 0 Å². The largest absolute Gasteiger partial charge is 0.212 e. The monoisotopic (exact) mass is 1740 g/mol. The molecule has 0 aliphatic heterocycles. The zero-order valence-corrected chi connectivity index (χ0v) is 75.6.